The smallest absolute Gasteiger partial charge is 0.245 e. The Labute approximate surface area is 123 Å². The molecule has 1 heterocycles. The molecule has 1 atom stereocenters. The number of unbranched alkanes of at least 4 members (excludes halogenated alkanes) is 7. The third-order valence-electron chi connectivity index (χ3n) is 3.97. The molecule has 4 heteroatoms. The number of carbonyl (C=O) groups excluding carboxylic acids is 2. The van der Waals surface area contributed by atoms with Crippen LogP contribution in [0.25, 0.3) is 0 Å². The molecule has 0 aromatic heterocycles. The molecule has 0 saturated carbocycles. The molecule has 1 aliphatic rings. The monoisotopic (exact) mass is 282 g/mol. The normalized spacial score (nSPS) is 19.3. The molecule has 1 fully saturated rings. The van der Waals surface area contributed by atoms with Crippen molar-refractivity contribution < 1.29 is 9.59 Å². The first-order valence-corrected chi connectivity index (χ1v) is 8.27. The second-order valence-electron chi connectivity index (χ2n) is 5.76. The van der Waals surface area contributed by atoms with Crippen molar-refractivity contribution >= 4 is 11.8 Å². The molecule has 0 aromatic rings. The van der Waals surface area contributed by atoms with Gasteiger partial charge in [-0.2, -0.15) is 0 Å². The molecule has 1 aliphatic heterocycles. The molecular formula is C16H30N2O2. The standard InChI is InChI=1S/C16H30N2O2/c1-3-5-6-7-8-9-10-11-12-18-13-15(19)17-14(4-2)16(18)20/h14H,3-13H2,1-2H3,(H,17,19). The van der Waals surface area contributed by atoms with Gasteiger partial charge in [0.1, 0.15) is 6.04 Å². The van der Waals surface area contributed by atoms with Crippen LogP contribution in [0.15, 0.2) is 0 Å². The highest BCUT2D eigenvalue weighted by molar-refractivity contribution is 5.94. The predicted molar refractivity (Wildman–Crippen MR) is 81.4 cm³/mol. The van der Waals surface area contributed by atoms with Crippen LogP contribution in [0, 0.1) is 0 Å². The fourth-order valence-electron chi connectivity index (χ4n) is 2.68. The number of hydrogen-bond acceptors (Lipinski definition) is 2. The third-order valence-corrected chi connectivity index (χ3v) is 3.97. The Morgan fingerprint density at radius 2 is 1.60 bits per heavy atom. The zero-order chi connectivity index (χ0) is 14.8. The zero-order valence-corrected chi connectivity index (χ0v) is 13.1. The first kappa shape index (κ1) is 17.0. The van der Waals surface area contributed by atoms with Crippen LogP contribution in [0.5, 0.6) is 0 Å². The van der Waals surface area contributed by atoms with Gasteiger partial charge in [-0.15, -0.1) is 0 Å². The lowest BCUT2D eigenvalue weighted by molar-refractivity contribution is -0.144. The van der Waals surface area contributed by atoms with E-state index in [0.29, 0.717) is 6.42 Å². The van der Waals surface area contributed by atoms with Crippen LogP contribution >= 0.6 is 0 Å². The van der Waals surface area contributed by atoms with Gasteiger partial charge in [0.05, 0.1) is 6.54 Å². The van der Waals surface area contributed by atoms with Gasteiger partial charge in [-0.05, 0) is 12.8 Å². The van der Waals surface area contributed by atoms with Crippen LogP contribution < -0.4 is 5.32 Å². The largest absolute Gasteiger partial charge is 0.343 e. The fourth-order valence-corrected chi connectivity index (χ4v) is 2.68. The summed E-state index contributed by atoms with van der Waals surface area (Å²) in [6, 6.07) is -0.301. The maximum atomic E-state index is 12.1. The van der Waals surface area contributed by atoms with E-state index in [-0.39, 0.29) is 24.4 Å². The van der Waals surface area contributed by atoms with E-state index in [0.717, 1.165) is 19.4 Å². The summed E-state index contributed by atoms with van der Waals surface area (Å²) in [5.74, 6) is 0.0751. The van der Waals surface area contributed by atoms with Crippen molar-refractivity contribution in [2.75, 3.05) is 13.1 Å². The molecular weight excluding hydrogens is 252 g/mol. The highest BCUT2D eigenvalue weighted by Gasteiger charge is 2.30. The summed E-state index contributed by atoms with van der Waals surface area (Å²) in [6.45, 7) is 5.14. The van der Waals surface area contributed by atoms with E-state index >= 15 is 0 Å². The van der Waals surface area contributed by atoms with E-state index in [1.54, 1.807) is 4.90 Å². The van der Waals surface area contributed by atoms with Crippen LogP contribution in [0.4, 0.5) is 0 Å². The Kier molecular flexibility index (Phi) is 8.31. The van der Waals surface area contributed by atoms with Crippen molar-refractivity contribution in [1.82, 2.24) is 10.2 Å². The maximum absolute atomic E-state index is 12.1. The lowest BCUT2D eigenvalue weighted by Gasteiger charge is -2.32. The number of hydrogen-bond donors (Lipinski definition) is 1. The third kappa shape index (κ3) is 5.93. The quantitative estimate of drug-likeness (QED) is 0.626. The molecule has 0 aromatic carbocycles. The second-order valence-corrected chi connectivity index (χ2v) is 5.76. The first-order valence-electron chi connectivity index (χ1n) is 8.27. The van der Waals surface area contributed by atoms with Crippen molar-refractivity contribution in [3.05, 3.63) is 0 Å². The zero-order valence-electron chi connectivity index (χ0n) is 13.1. The van der Waals surface area contributed by atoms with Crippen LogP contribution in [0.2, 0.25) is 0 Å². The Morgan fingerprint density at radius 3 is 2.20 bits per heavy atom. The lowest BCUT2D eigenvalue weighted by Crippen LogP contribution is -2.57. The van der Waals surface area contributed by atoms with E-state index in [1.165, 1.54) is 38.5 Å². The number of nitrogens with one attached hydrogen (secondary N) is 1. The van der Waals surface area contributed by atoms with E-state index in [1.807, 2.05) is 6.92 Å². The van der Waals surface area contributed by atoms with Gasteiger partial charge in [0.15, 0.2) is 0 Å². The summed E-state index contributed by atoms with van der Waals surface area (Å²) < 4.78 is 0. The molecule has 2 amide bonds. The summed E-state index contributed by atoms with van der Waals surface area (Å²) in [4.78, 5) is 25.3. The van der Waals surface area contributed by atoms with Gasteiger partial charge >= 0.3 is 0 Å². The molecule has 0 aliphatic carbocycles. The summed E-state index contributed by atoms with van der Waals surface area (Å²) in [5, 5.41) is 2.75. The molecule has 4 nitrogen and oxygen atoms in total. The molecule has 1 unspecified atom stereocenters. The number of amides is 2. The summed E-state index contributed by atoms with van der Waals surface area (Å²) in [7, 11) is 0. The Hall–Kier alpha value is -1.06. The van der Waals surface area contributed by atoms with Gasteiger partial charge in [0.25, 0.3) is 0 Å². The number of rotatable bonds is 10. The predicted octanol–water partition coefficient (Wildman–Crippen LogP) is 2.86. The lowest BCUT2D eigenvalue weighted by atomic mass is 10.1. The van der Waals surface area contributed by atoms with Crippen LogP contribution in [0.1, 0.15) is 71.6 Å². The van der Waals surface area contributed by atoms with Gasteiger partial charge < -0.3 is 10.2 Å². The van der Waals surface area contributed by atoms with E-state index in [2.05, 4.69) is 12.2 Å². The maximum Gasteiger partial charge on any atom is 0.245 e. The molecule has 0 bridgehead atoms. The number of piperazine rings is 1. The Balaban J connectivity index is 2.11. The van der Waals surface area contributed by atoms with Gasteiger partial charge in [-0.3, -0.25) is 9.59 Å². The van der Waals surface area contributed by atoms with Gasteiger partial charge in [-0.1, -0.05) is 58.8 Å². The molecule has 1 N–H and O–H groups in total. The van der Waals surface area contributed by atoms with Gasteiger partial charge in [-0.25, -0.2) is 0 Å². The van der Waals surface area contributed by atoms with E-state index < -0.39 is 0 Å². The van der Waals surface area contributed by atoms with E-state index in [4.69, 9.17) is 0 Å². The minimum Gasteiger partial charge on any atom is -0.343 e. The average Bonchev–Trinajstić information content (AvgIpc) is 2.44. The highest BCUT2D eigenvalue weighted by atomic mass is 16.2. The van der Waals surface area contributed by atoms with Crippen molar-refractivity contribution in [2.45, 2.75) is 77.7 Å². The minimum atomic E-state index is -0.301. The van der Waals surface area contributed by atoms with Crippen LogP contribution in [0.3, 0.4) is 0 Å². The van der Waals surface area contributed by atoms with Crippen molar-refractivity contribution in [2.24, 2.45) is 0 Å². The molecule has 1 saturated heterocycles. The second kappa shape index (κ2) is 9.78. The topological polar surface area (TPSA) is 49.4 Å². The summed E-state index contributed by atoms with van der Waals surface area (Å²) in [5.41, 5.74) is 0. The molecule has 116 valence electrons. The number of nitrogens with zero attached hydrogens (tertiary/aromatic N) is 1. The molecule has 0 radical (unpaired) electrons. The Morgan fingerprint density at radius 1 is 1.00 bits per heavy atom. The molecule has 1 rings (SSSR count). The van der Waals surface area contributed by atoms with E-state index in [9.17, 15) is 9.59 Å². The SMILES string of the molecule is CCCCCCCCCCN1CC(=O)NC(CC)C1=O. The van der Waals surface area contributed by atoms with Crippen LogP contribution in [-0.2, 0) is 9.59 Å². The first-order chi connectivity index (χ1) is 9.69. The van der Waals surface area contributed by atoms with Crippen molar-refractivity contribution in [3.8, 4) is 0 Å². The average molecular weight is 282 g/mol. The van der Waals surface area contributed by atoms with Crippen LogP contribution in [-0.4, -0.2) is 35.8 Å². The molecule has 20 heavy (non-hydrogen) atoms. The van der Waals surface area contributed by atoms with Gasteiger partial charge in [0, 0.05) is 6.54 Å². The minimum absolute atomic E-state index is 0.0176. The summed E-state index contributed by atoms with van der Waals surface area (Å²) in [6.07, 6.45) is 10.7. The highest BCUT2D eigenvalue weighted by Crippen LogP contribution is 2.11. The molecule has 0 spiro atoms. The number of carbonyl (C=O) groups is 2. The van der Waals surface area contributed by atoms with Crippen molar-refractivity contribution in [1.29, 1.82) is 0 Å². The fraction of sp³-hybridized carbons (Fsp3) is 0.875. The summed E-state index contributed by atoms with van der Waals surface area (Å²) >= 11 is 0. The Bertz CT molecular complexity index is 305. The van der Waals surface area contributed by atoms with Gasteiger partial charge in [0.2, 0.25) is 11.8 Å². The van der Waals surface area contributed by atoms with Crippen molar-refractivity contribution in [3.63, 3.8) is 0 Å².